The molecule has 1 aliphatic rings. The first-order valence-corrected chi connectivity index (χ1v) is 8.71. The van der Waals surface area contributed by atoms with Crippen LogP contribution in [0.15, 0.2) is 60.7 Å². The van der Waals surface area contributed by atoms with Crippen molar-refractivity contribution in [2.75, 3.05) is 18.0 Å². The van der Waals surface area contributed by atoms with Gasteiger partial charge in [0.2, 0.25) is 0 Å². The van der Waals surface area contributed by atoms with Crippen molar-refractivity contribution in [1.82, 2.24) is 9.97 Å². The molecule has 0 saturated carbocycles. The Balaban J connectivity index is 1.81. The van der Waals surface area contributed by atoms with Crippen molar-refractivity contribution in [1.29, 1.82) is 0 Å². The largest absolute Gasteiger partial charge is 0.355 e. The van der Waals surface area contributed by atoms with Gasteiger partial charge in [0.25, 0.3) is 0 Å². The average Bonchev–Trinajstić information content (AvgIpc) is 3.09. The minimum absolute atomic E-state index is 0.220. The Labute approximate surface area is 148 Å². The lowest BCUT2D eigenvalue weighted by Gasteiger charge is -2.18. The van der Waals surface area contributed by atoms with E-state index in [2.05, 4.69) is 54.3 Å². The first-order valence-electron chi connectivity index (χ1n) is 8.71. The van der Waals surface area contributed by atoms with Crippen molar-refractivity contribution in [3.63, 3.8) is 0 Å². The fourth-order valence-corrected chi connectivity index (χ4v) is 3.18. The fourth-order valence-electron chi connectivity index (χ4n) is 3.18. The Morgan fingerprint density at radius 1 is 0.960 bits per heavy atom. The molecule has 0 radical (unpaired) electrons. The number of rotatable bonds is 3. The molecule has 2 heterocycles. The molecule has 126 valence electrons. The highest BCUT2D eigenvalue weighted by atomic mass is 15.2. The third-order valence-corrected chi connectivity index (χ3v) is 4.64. The van der Waals surface area contributed by atoms with Gasteiger partial charge in [-0.15, -0.1) is 0 Å². The lowest BCUT2D eigenvalue weighted by molar-refractivity contribution is 0.751. The van der Waals surface area contributed by atoms with Crippen LogP contribution >= 0.6 is 0 Å². The van der Waals surface area contributed by atoms with Crippen LogP contribution in [0.5, 0.6) is 0 Å². The maximum Gasteiger partial charge on any atom is 0.162 e. The highest BCUT2D eigenvalue weighted by Gasteiger charge is 2.22. The molecular formula is C21H22N4. The molecule has 2 N–H and O–H groups in total. The molecule has 1 aliphatic heterocycles. The quantitative estimate of drug-likeness (QED) is 0.796. The van der Waals surface area contributed by atoms with E-state index in [1.54, 1.807) is 0 Å². The Morgan fingerprint density at radius 2 is 1.72 bits per heavy atom. The molecule has 2 aromatic carbocycles. The summed E-state index contributed by atoms with van der Waals surface area (Å²) in [7, 11) is 0. The Morgan fingerprint density at radius 3 is 2.40 bits per heavy atom. The van der Waals surface area contributed by atoms with E-state index in [-0.39, 0.29) is 6.04 Å². The number of hydrogen-bond acceptors (Lipinski definition) is 4. The number of anilines is 1. The Kier molecular flexibility index (Phi) is 4.20. The molecule has 4 heteroatoms. The van der Waals surface area contributed by atoms with Gasteiger partial charge in [-0.1, -0.05) is 60.2 Å². The molecule has 0 amide bonds. The third kappa shape index (κ3) is 3.39. The van der Waals surface area contributed by atoms with Gasteiger partial charge in [0.15, 0.2) is 5.82 Å². The van der Waals surface area contributed by atoms with Gasteiger partial charge < -0.3 is 10.6 Å². The predicted molar refractivity (Wildman–Crippen MR) is 102 cm³/mol. The number of aromatic nitrogens is 2. The summed E-state index contributed by atoms with van der Waals surface area (Å²) < 4.78 is 0. The number of benzene rings is 2. The van der Waals surface area contributed by atoms with E-state index in [1.165, 1.54) is 5.56 Å². The van der Waals surface area contributed by atoms with Gasteiger partial charge in [-0.25, -0.2) is 9.97 Å². The topological polar surface area (TPSA) is 55.0 Å². The number of hydrogen-bond donors (Lipinski definition) is 1. The zero-order chi connectivity index (χ0) is 17.2. The van der Waals surface area contributed by atoms with Crippen LogP contribution < -0.4 is 10.6 Å². The van der Waals surface area contributed by atoms with Crippen LogP contribution in [-0.4, -0.2) is 29.1 Å². The van der Waals surface area contributed by atoms with Gasteiger partial charge in [-0.05, 0) is 13.3 Å². The second-order valence-corrected chi connectivity index (χ2v) is 6.66. The van der Waals surface area contributed by atoms with Crippen LogP contribution in [0.2, 0.25) is 0 Å². The standard InChI is InChI=1S/C21H22N4/c1-15-7-9-17(10-8-15)21-23-19(16-5-3-2-4-6-16)13-20(24-21)25-12-11-18(22)14-25/h2-10,13,18H,11-12,14,22H2,1H3. The minimum atomic E-state index is 0.220. The van der Waals surface area contributed by atoms with Crippen molar-refractivity contribution >= 4 is 5.82 Å². The first kappa shape index (κ1) is 15.8. The highest BCUT2D eigenvalue weighted by molar-refractivity contribution is 5.68. The van der Waals surface area contributed by atoms with Crippen LogP contribution in [0.3, 0.4) is 0 Å². The normalized spacial score (nSPS) is 17.0. The van der Waals surface area contributed by atoms with Crippen LogP contribution in [0.1, 0.15) is 12.0 Å². The third-order valence-electron chi connectivity index (χ3n) is 4.64. The molecule has 1 aromatic heterocycles. The summed E-state index contributed by atoms with van der Waals surface area (Å²) in [5, 5.41) is 0. The average molecular weight is 330 g/mol. The fraction of sp³-hybridized carbons (Fsp3) is 0.238. The van der Waals surface area contributed by atoms with Crippen molar-refractivity contribution in [3.8, 4) is 22.6 Å². The van der Waals surface area contributed by atoms with Gasteiger partial charge in [-0.2, -0.15) is 0 Å². The van der Waals surface area contributed by atoms with Gasteiger partial charge in [-0.3, -0.25) is 0 Å². The summed E-state index contributed by atoms with van der Waals surface area (Å²) in [6.45, 7) is 3.88. The van der Waals surface area contributed by atoms with E-state index in [9.17, 15) is 0 Å². The lowest BCUT2D eigenvalue weighted by atomic mass is 10.1. The van der Waals surface area contributed by atoms with Gasteiger partial charge in [0.1, 0.15) is 5.82 Å². The molecule has 1 fully saturated rings. The van der Waals surface area contributed by atoms with E-state index < -0.39 is 0 Å². The van der Waals surface area contributed by atoms with Gasteiger partial charge in [0.05, 0.1) is 5.69 Å². The summed E-state index contributed by atoms with van der Waals surface area (Å²) in [5.74, 6) is 1.72. The van der Waals surface area contributed by atoms with E-state index in [0.29, 0.717) is 0 Å². The summed E-state index contributed by atoms with van der Waals surface area (Å²) in [6.07, 6.45) is 1.00. The van der Waals surface area contributed by atoms with Crippen molar-refractivity contribution < 1.29 is 0 Å². The van der Waals surface area contributed by atoms with Crippen LogP contribution in [0, 0.1) is 6.92 Å². The highest BCUT2D eigenvalue weighted by Crippen LogP contribution is 2.27. The monoisotopic (exact) mass is 330 g/mol. The van der Waals surface area contributed by atoms with Gasteiger partial charge in [0, 0.05) is 36.3 Å². The molecule has 1 unspecified atom stereocenters. The number of nitrogens with zero attached hydrogens (tertiary/aromatic N) is 3. The first-order chi connectivity index (χ1) is 12.2. The Hall–Kier alpha value is -2.72. The van der Waals surface area contributed by atoms with Crippen molar-refractivity contribution in [2.45, 2.75) is 19.4 Å². The molecule has 0 spiro atoms. The zero-order valence-electron chi connectivity index (χ0n) is 14.4. The minimum Gasteiger partial charge on any atom is -0.355 e. The molecular weight excluding hydrogens is 308 g/mol. The maximum atomic E-state index is 6.09. The smallest absolute Gasteiger partial charge is 0.162 e. The summed E-state index contributed by atoms with van der Waals surface area (Å²) in [4.78, 5) is 11.9. The molecule has 3 aromatic rings. The summed E-state index contributed by atoms with van der Waals surface area (Å²) in [5.41, 5.74) is 10.4. The summed E-state index contributed by atoms with van der Waals surface area (Å²) in [6, 6.07) is 20.9. The van der Waals surface area contributed by atoms with Crippen LogP contribution in [0.4, 0.5) is 5.82 Å². The van der Waals surface area contributed by atoms with Gasteiger partial charge >= 0.3 is 0 Å². The molecule has 4 rings (SSSR count). The van der Waals surface area contributed by atoms with E-state index >= 15 is 0 Å². The number of aryl methyl sites for hydroxylation is 1. The zero-order valence-corrected chi connectivity index (χ0v) is 14.4. The van der Waals surface area contributed by atoms with Crippen molar-refractivity contribution in [2.24, 2.45) is 5.73 Å². The molecule has 0 aliphatic carbocycles. The van der Waals surface area contributed by atoms with Crippen molar-refractivity contribution in [3.05, 3.63) is 66.2 Å². The van der Waals surface area contributed by atoms with E-state index in [0.717, 1.165) is 48.0 Å². The lowest BCUT2D eigenvalue weighted by Crippen LogP contribution is -2.27. The van der Waals surface area contributed by atoms with E-state index in [1.807, 2.05) is 18.2 Å². The molecule has 1 saturated heterocycles. The molecule has 0 bridgehead atoms. The van der Waals surface area contributed by atoms with Crippen LogP contribution in [-0.2, 0) is 0 Å². The summed E-state index contributed by atoms with van der Waals surface area (Å²) >= 11 is 0. The second kappa shape index (κ2) is 6.65. The maximum absolute atomic E-state index is 6.09. The predicted octanol–water partition coefficient (Wildman–Crippen LogP) is 3.66. The van der Waals surface area contributed by atoms with Crippen LogP contribution in [0.25, 0.3) is 22.6 Å². The molecule has 1 atom stereocenters. The van der Waals surface area contributed by atoms with E-state index in [4.69, 9.17) is 15.7 Å². The molecule has 25 heavy (non-hydrogen) atoms. The SMILES string of the molecule is Cc1ccc(-c2nc(-c3ccccc3)cc(N3CCC(N)C3)n2)cc1. The molecule has 4 nitrogen and oxygen atoms in total. The Bertz CT molecular complexity index is 859. The second-order valence-electron chi connectivity index (χ2n) is 6.66. The number of nitrogens with two attached hydrogens (primary N) is 1.